The third-order valence-electron chi connectivity index (χ3n) is 6.57. The van der Waals surface area contributed by atoms with Crippen molar-refractivity contribution in [1.29, 1.82) is 0 Å². The van der Waals surface area contributed by atoms with Crippen molar-refractivity contribution < 1.29 is 4.79 Å². The molecule has 31 heavy (non-hydrogen) atoms. The number of anilines is 1. The van der Waals surface area contributed by atoms with Gasteiger partial charge in [0.1, 0.15) is 5.82 Å². The summed E-state index contributed by atoms with van der Waals surface area (Å²) in [5.41, 5.74) is 8.21. The van der Waals surface area contributed by atoms with Crippen molar-refractivity contribution in [3.63, 3.8) is 0 Å². The zero-order valence-electron chi connectivity index (χ0n) is 18.2. The van der Waals surface area contributed by atoms with E-state index in [4.69, 9.17) is 5.73 Å². The second-order valence-corrected chi connectivity index (χ2v) is 8.58. The number of rotatable bonds is 7. The van der Waals surface area contributed by atoms with E-state index in [2.05, 4.69) is 61.9 Å². The quantitative estimate of drug-likeness (QED) is 0.471. The van der Waals surface area contributed by atoms with Crippen LogP contribution in [-0.4, -0.2) is 43.5 Å². The molecule has 1 saturated heterocycles. The van der Waals surface area contributed by atoms with Crippen LogP contribution in [0.5, 0.6) is 0 Å². The molecule has 1 aliphatic heterocycles. The number of nitrogens with one attached hydrogen (secondary N) is 2. The molecule has 1 aromatic heterocycles. The standard InChI is InChI=1S/C24H32N6O/c1-26-23(29-17-24(11-12-24)20-7-3-2-4-8-20)28-16-19-6-5-13-27-22(19)30-14-9-18(10-15-30)21(25)31/h2-8,13,18H,9-12,14-17H2,1H3,(H2,25,31)(H2,26,28,29). The van der Waals surface area contributed by atoms with Crippen LogP contribution in [-0.2, 0) is 16.8 Å². The maximum absolute atomic E-state index is 11.5. The topological polar surface area (TPSA) is 95.6 Å². The highest BCUT2D eigenvalue weighted by Crippen LogP contribution is 2.47. The summed E-state index contributed by atoms with van der Waals surface area (Å²) in [5.74, 6) is 1.55. The summed E-state index contributed by atoms with van der Waals surface area (Å²) in [6.45, 7) is 3.10. The molecule has 164 valence electrons. The van der Waals surface area contributed by atoms with Crippen LogP contribution >= 0.6 is 0 Å². The number of amides is 1. The highest BCUT2D eigenvalue weighted by Gasteiger charge is 2.44. The number of carbonyl (C=O) groups is 1. The number of primary amides is 1. The smallest absolute Gasteiger partial charge is 0.220 e. The Hall–Kier alpha value is -3.09. The number of hydrogen-bond donors (Lipinski definition) is 3. The molecule has 1 aliphatic carbocycles. The molecule has 0 bridgehead atoms. The lowest BCUT2D eigenvalue weighted by atomic mass is 9.96. The molecule has 0 spiro atoms. The third kappa shape index (κ3) is 4.98. The van der Waals surface area contributed by atoms with E-state index in [-0.39, 0.29) is 17.2 Å². The summed E-state index contributed by atoms with van der Waals surface area (Å²) in [4.78, 5) is 22.7. The summed E-state index contributed by atoms with van der Waals surface area (Å²) in [5, 5.41) is 6.95. The minimum atomic E-state index is -0.193. The molecule has 2 fully saturated rings. The zero-order valence-corrected chi connectivity index (χ0v) is 18.2. The third-order valence-corrected chi connectivity index (χ3v) is 6.57. The Morgan fingerprint density at radius 2 is 1.90 bits per heavy atom. The number of hydrogen-bond acceptors (Lipinski definition) is 4. The zero-order chi connectivity index (χ0) is 21.7. The highest BCUT2D eigenvalue weighted by molar-refractivity contribution is 5.80. The SMILES string of the molecule is CN=C(NCc1cccnc1N1CCC(C(N)=O)CC1)NCC1(c2ccccc2)CC1. The van der Waals surface area contributed by atoms with Gasteiger partial charge in [0.25, 0.3) is 0 Å². The Labute approximate surface area is 184 Å². The van der Waals surface area contributed by atoms with E-state index >= 15 is 0 Å². The van der Waals surface area contributed by atoms with Crippen LogP contribution < -0.4 is 21.3 Å². The van der Waals surface area contributed by atoms with Gasteiger partial charge in [0.2, 0.25) is 5.91 Å². The second kappa shape index (κ2) is 9.37. The lowest BCUT2D eigenvalue weighted by molar-refractivity contribution is -0.122. The van der Waals surface area contributed by atoms with Crippen molar-refractivity contribution in [3.8, 4) is 0 Å². The van der Waals surface area contributed by atoms with Crippen molar-refractivity contribution in [2.45, 2.75) is 37.6 Å². The number of carbonyl (C=O) groups excluding carboxylic acids is 1. The fourth-order valence-corrected chi connectivity index (χ4v) is 4.39. The molecular weight excluding hydrogens is 388 g/mol. The molecule has 4 N–H and O–H groups in total. The van der Waals surface area contributed by atoms with E-state index in [1.165, 1.54) is 18.4 Å². The first kappa shape index (κ1) is 21.2. The van der Waals surface area contributed by atoms with Crippen LogP contribution in [0.25, 0.3) is 0 Å². The molecule has 2 aromatic rings. The van der Waals surface area contributed by atoms with Gasteiger partial charge in [-0.25, -0.2) is 4.98 Å². The van der Waals surface area contributed by atoms with Gasteiger partial charge in [-0.3, -0.25) is 9.79 Å². The van der Waals surface area contributed by atoms with Crippen molar-refractivity contribution in [2.24, 2.45) is 16.6 Å². The number of guanidine groups is 1. The normalized spacial score (nSPS) is 18.5. The number of piperidine rings is 1. The minimum absolute atomic E-state index is 0.0241. The molecule has 7 heteroatoms. The molecule has 0 radical (unpaired) electrons. The van der Waals surface area contributed by atoms with Gasteiger partial charge in [-0.1, -0.05) is 36.4 Å². The lowest BCUT2D eigenvalue weighted by Crippen LogP contribution is -2.42. The fourth-order valence-electron chi connectivity index (χ4n) is 4.39. The number of benzene rings is 1. The maximum Gasteiger partial charge on any atom is 0.220 e. The molecule has 7 nitrogen and oxygen atoms in total. The summed E-state index contributed by atoms with van der Waals surface area (Å²) < 4.78 is 0. The molecule has 1 aromatic carbocycles. The fraction of sp³-hybridized carbons (Fsp3) is 0.458. The number of nitrogens with zero attached hydrogens (tertiary/aromatic N) is 3. The Kier molecular flexibility index (Phi) is 6.39. The summed E-state index contributed by atoms with van der Waals surface area (Å²) in [6.07, 6.45) is 5.79. The number of aromatic nitrogens is 1. The average molecular weight is 421 g/mol. The van der Waals surface area contributed by atoms with E-state index in [1.54, 1.807) is 7.05 Å². The molecule has 2 heterocycles. The Bertz CT molecular complexity index is 917. The van der Waals surface area contributed by atoms with Crippen LogP contribution in [0, 0.1) is 5.92 Å². The highest BCUT2D eigenvalue weighted by atomic mass is 16.1. The van der Waals surface area contributed by atoms with E-state index in [0.29, 0.717) is 6.54 Å². The van der Waals surface area contributed by atoms with Crippen molar-refractivity contribution >= 4 is 17.7 Å². The van der Waals surface area contributed by atoms with E-state index in [1.807, 2.05) is 12.3 Å². The molecule has 2 aliphatic rings. The van der Waals surface area contributed by atoms with E-state index in [9.17, 15) is 4.79 Å². The van der Waals surface area contributed by atoms with Crippen molar-refractivity contribution in [1.82, 2.24) is 15.6 Å². The van der Waals surface area contributed by atoms with Crippen LogP contribution in [0.4, 0.5) is 5.82 Å². The maximum atomic E-state index is 11.5. The second-order valence-electron chi connectivity index (χ2n) is 8.58. The van der Waals surface area contributed by atoms with Crippen molar-refractivity contribution in [2.75, 3.05) is 31.6 Å². The summed E-state index contributed by atoms with van der Waals surface area (Å²) in [6, 6.07) is 14.8. The Morgan fingerprint density at radius 1 is 1.16 bits per heavy atom. The molecule has 1 saturated carbocycles. The van der Waals surface area contributed by atoms with E-state index in [0.717, 1.165) is 49.8 Å². The Balaban J connectivity index is 1.34. The number of aliphatic imine (C=N–C) groups is 1. The van der Waals surface area contributed by atoms with Crippen LogP contribution in [0.1, 0.15) is 36.8 Å². The Morgan fingerprint density at radius 3 is 2.55 bits per heavy atom. The van der Waals surface area contributed by atoms with Gasteiger partial charge in [-0.05, 0) is 37.3 Å². The first-order valence-electron chi connectivity index (χ1n) is 11.1. The van der Waals surface area contributed by atoms with Gasteiger partial charge in [0.15, 0.2) is 5.96 Å². The molecule has 0 atom stereocenters. The molecule has 1 amide bonds. The minimum Gasteiger partial charge on any atom is -0.369 e. The van der Waals surface area contributed by atoms with Crippen LogP contribution in [0.15, 0.2) is 53.7 Å². The van der Waals surface area contributed by atoms with Gasteiger partial charge in [-0.15, -0.1) is 0 Å². The van der Waals surface area contributed by atoms with Crippen LogP contribution in [0.2, 0.25) is 0 Å². The average Bonchev–Trinajstić information content (AvgIpc) is 3.61. The van der Waals surface area contributed by atoms with E-state index < -0.39 is 0 Å². The number of pyridine rings is 1. The first-order valence-corrected chi connectivity index (χ1v) is 11.1. The predicted molar refractivity (Wildman–Crippen MR) is 124 cm³/mol. The van der Waals surface area contributed by atoms with Gasteiger partial charge in [0, 0.05) is 56.3 Å². The molecule has 4 rings (SSSR count). The van der Waals surface area contributed by atoms with Crippen molar-refractivity contribution in [3.05, 3.63) is 59.8 Å². The molecular formula is C24H32N6O. The summed E-state index contributed by atoms with van der Waals surface area (Å²) in [7, 11) is 1.80. The monoisotopic (exact) mass is 420 g/mol. The first-order chi connectivity index (χ1) is 15.1. The van der Waals surface area contributed by atoms with Gasteiger partial charge < -0.3 is 21.3 Å². The lowest BCUT2D eigenvalue weighted by Gasteiger charge is -2.32. The van der Waals surface area contributed by atoms with Gasteiger partial charge in [0.05, 0.1) is 0 Å². The number of nitrogens with two attached hydrogens (primary N) is 1. The van der Waals surface area contributed by atoms with Gasteiger partial charge >= 0.3 is 0 Å². The predicted octanol–water partition coefficient (Wildman–Crippen LogP) is 2.18. The van der Waals surface area contributed by atoms with Crippen LogP contribution in [0.3, 0.4) is 0 Å². The summed E-state index contributed by atoms with van der Waals surface area (Å²) >= 11 is 0. The largest absolute Gasteiger partial charge is 0.369 e. The van der Waals surface area contributed by atoms with Gasteiger partial charge in [-0.2, -0.15) is 0 Å². The molecule has 0 unspecified atom stereocenters.